The van der Waals surface area contributed by atoms with Gasteiger partial charge < -0.3 is 0 Å². The standard InChI is InChI=1S/C6H10FO/c1-5(4-7)3-6(2)8/h3,5H,4H2,1-2H3. The average molecular weight is 117 g/mol. The number of carbonyl (C=O) groups excluding carboxylic acids is 1. The molecule has 0 N–H and O–H groups in total. The van der Waals surface area contributed by atoms with Crippen LogP contribution in [0.3, 0.4) is 0 Å². The molecular weight excluding hydrogens is 107 g/mol. The topological polar surface area (TPSA) is 17.1 Å². The van der Waals surface area contributed by atoms with Gasteiger partial charge in [-0.15, -0.1) is 0 Å². The molecule has 1 radical (unpaired) electrons. The number of Topliss-reactive ketones (excluding diaryl/α,β-unsaturated/α-hetero) is 1. The van der Waals surface area contributed by atoms with Gasteiger partial charge in [-0.3, -0.25) is 9.18 Å². The summed E-state index contributed by atoms with van der Waals surface area (Å²) in [6, 6.07) is 0. The molecule has 0 rings (SSSR count). The molecule has 0 saturated carbocycles. The van der Waals surface area contributed by atoms with Gasteiger partial charge >= 0.3 is 0 Å². The Morgan fingerprint density at radius 1 is 1.88 bits per heavy atom. The fraction of sp³-hybridized carbons (Fsp3) is 0.667. The van der Waals surface area contributed by atoms with Gasteiger partial charge in [-0.05, 0) is 12.8 Å². The fourth-order valence-electron chi connectivity index (χ4n) is 0.445. The van der Waals surface area contributed by atoms with Crippen LogP contribution in [-0.4, -0.2) is 12.5 Å². The smallest absolute Gasteiger partial charge is 0.134 e. The predicted molar refractivity (Wildman–Crippen MR) is 30.1 cm³/mol. The molecular formula is C6H10FO. The third-order valence-electron chi connectivity index (χ3n) is 0.763. The molecule has 0 aromatic heterocycles. The van der Waals surface area contributed by atoms with Gasteiger partial charge in [0, 0.05) is 6.42 Å². The summed E-state index contributed by atoms with van der Waals surface area (Å²) in [5.74, 6) is -0.275. The molecule has 0 aliphatic rings. The SMILES string of the molecule is CC(=O)[CH]C(C)CF. The second kappa shape index (κ2) is 3.58. The first-order valence-electron chi connectivity index (χ1n) is 2.58. The molecule has 1 unspecified atom stereocenters. The van der Waals surface area contributed by atoms with Crippen molar-refractivity contribution in [2.45, 2.75) is 13.8 Å². The summed E-state index contributed by atoms with van der Waals surface area (Å²) in [4.78, 5) is 10.2. The van der Waals surface area contributed by atoms with Gasteiger partial charge in [0.05, 0.1) is 6.67 Å². The summed E-state index contributed by atoms with van der Waals surface area (Å²) in [6.45, 7) is 2.65. The summed E-state index contributed by atoms with van der Waals surface area (Å²) >= 11 is 0. The Kier molecular flexibility index (Phi) is 3.40. The summed E-state index contributed by atoms with van der Waals surface area (Å²) in [7, 11) is 0. The molecule has 1 atom stereocenters. The van der Waals surface area contributed by atoms with Crippen molar-refractivity contribution in [2.75, 3.05) is 6.67 Å². The van der Waals surface area contributed by atoms with Gasteiger partial charge in [-0.1, -0.05) is 6.92 Å². The summed E-state index contributed by atoms with van der Waals surface area (Å²) in [5, 5.41) is 0. The van der Waals surface area contributed by atoms with Crippen LogP contribution in [0, 0.1) is 12.3 Å². The van der Waals surface area contributed by atoms with E-state index >= 15 is 0 Å². The minimum absolute atomic E-state index is 0.0600. The largest absolute Gasteiger partial charge is 0.300 e. The van der Waals surface area contributed by atoms with Gasteiger partial charge in [0.2, 0.25) is 0 Å². The van der Waals surface area contributed by atoms with Crippen molar-refractivity contribution in [1.29, 1.82) is 0 Å². The van der Waals surface area contributed by atoms with Gasteiger partial charge in [-0.2, -0.15) is 0 Å². The zero-order chi connectivity index (χ0) is 6.57. The lowest BCUT2D eigenvalue weighted by molar-refractivity contribution is -0.114. The molecule has 0 saturated heterocycles. The van der Waals surface area contributed by atoms with E-state index in [0.717, 1.165) is 0 Å². The lowest BCUT2D eigenvalue weighted by Crippen LogP contribution is -2.03. The maximum Gasteiger partial charge on any atom is 0.134 e. The van der Waals surface area contributed by atoms with Crippen LogP contribution in [0.1, 0.15) is 13.8 Å². The van der Waals surface area contributed by atoms with Crippen LogP contribution in [0.5, 0.6) is 0 Å². The molecule has 2 heteroatoms. The highest BCUT2D eigenvalue weighted by atomic mass is 19.1. The highest BCUT2D eigenvalue weighted by Crippen LogP contribution is 1.99. The van der Waals surface area contributed by atoms with Crippen molar-refractivity contribution >= 4 is 5.78 Å². The van der Waals surface area contributed by atoms with Crippen LogP contribution in [0.15, 0.2) is 0 Å². The number of hydrogen-bond donors (Lipinski definition) is 0. The highest BCUT2D eigenvalue weighted by molar-refractivity contribution is 5.84. The number of hydrogen-bond acceptors (Lipinski definition) is 1. The first kappa shape index (κ1) is 7.60. The van der Waals surface area contributed by atoms with Crippen LogP contribution in [0.25, 0.3) is 0 Å². The van der Waals surface area contributed by atoms with E-state index in [0.29, 0.717) is 0 Å². The molecule has 0 fully saturated rings. The van der Waals surface area contributed by atoms with Crippen molar-refractivity contribution in [2.24, 2.45) is 5.92 Å². The Labute approximate surface area is 48.9 Å². The third kappa shape index (κ3) is 3.78. The average Bonchev–Trinajstić information content (AvgIpc) is 1.65. The first-order valence-corrected chi connectivity index (χ1v) is 2.58. The Bertz CT molecular complexity index is 80.6. The lowest BCUT2D eigenvalue weighted by Gasteiger charge is -1.98. The van der Waals surface area contributed by atoms with E-state index in [4.69, 9.17) is 0 Å². The van der Waals surface area contributed by atoms with Gasteiger partial charge in [0.1, 0.15) is 5.78 Å². The third-order valence-corrected chi connectivity index (χ3v) is 0.763. The van der Waals surface area contributed by atoms with E-state index in [9.17, 15) is 9.18 Å². The zero-order valence-electron chi connectivity index (χ0n) is 5.15. The Hall–Kier alpha value is -0.400. The number of ketones is 1. The summed E-state index contributed by atoms with van der Waals surface area (Å²) < 4.78 is 11.6. The Morgan fingerprint density at radius 3 is 2.50 bits per heavy atom. The fourth-order valence-corrected chi connectivity index (χ4v) is 0.445. The maximum atomic E-state index is 11.6. The van der Waals surface area contributed by atoms with E-state index < -0.39 is 6.67 Å². The van der Waals surface area contributed by atoms with Gasteiger partial charge in [-0.25, -0.2) is 0 Å². The number of alkyl halides is 1. The van der Waals surface area contributed by atoms with Crippen molar-refractivity contribution in [3.8, 4) is 0 Å². The van der Waals surface area contributed by atoms with E-state index in [1.165, 1.54) is 13.3 Å². The predicted octanol–water partition coefficient (Wildman–Crippen LogP) is 1.39. The van der Waals surface area contributed by atoms with Crippen molar-refractivity contribution < 1.29 is 9.18 Å². The second-order valence-corrected chi connectivity index (χ2v) is 1.91. The molecule has 0 aliphatic heterocycles. The van der Waals surface area contributed by atoms with Crippen LogP contribution in [-0.2, 0) is 4.79 Å². The van der Waals surface area contributed by atoms with Crippen molar-refractivity contribution in [1.82, 2.24) is 0 Å². The molecule has 0 bridgehead atoms. The molecule has 47 valence electrons. The Morgan fingerprint density at radius 2 is 2.38 bits per heavy atom. The molecule has 8 heavy (non-hydrogen) atoms. The molecule has 0 heterocycles. The maximum absolute atomic E-state index is 11.6. The first-order chi connectivity index (χ1) is 3.66. The van der Waals surface area contributed by atoms with Crippen LogP contribution < -0.4 is 0 Å². The lowest BCUT2D eigenvalue weighted by atomic mass is 10.1. The second-order valence-electron chi connectivity index (χ2n) is 1.91. The van der Waals surface area contributed by atoms with E-state index in [2.05, 4.69) is 0 Å². The summed E-state index contributed by atoms with van der Waals surface area (Å²) in [6.07, 6.45) is 1.38. The van der Waals surface area contributed by atoms with E-state index in [1.54, 1.807) is 6.92 Å². The quantitative estimate of drug-likeness (QED) is 0.545. The van der Waals surface area contributed by atoms with Gasteiger partial charge in [0.15, 0.2) is 0 Å². The van der Waals surface area contributed by atoms with Crippen molar-refractivity contribution in [3.05, 3.63) is 6.42 Å². The van der Waals surface area contributed by atoms with Crippen LogP contribution >= 0.6 is 0 Å². The molecule has 1 nitrogen and oxygen atoms in total. The molecule has 0 aromatic carbocycles. The normalized spacial score (nSPS) is 13.4. The number of rotatable bonds is 3. The van der Waals surface area contributed by atoms with Crippen molar-refractivity contribution in [3.63, 3.8) is 0 Å². The number of halogens is 1. The number of carbonyl (C=O) groups is 1. The monoisotopic (exact) mass is 117 g/mol. The van der Waals surface area contributed by atoms with E-state index in [1.807, 2.05) is 0 Å². The minimum atomic E-state index is -0.445. The summed E-state index contributed by atoms with van der Waals surface area (Å²) in [5.41, 5.74) is 0. The minimum Gasteiger partial charge on any atom is -0.300 e. The molecule has 0 aliphatic carbocycles. The zero-order valence-corrected chi connectivity index (χ0v) is 5.15. The molecule has 0 spiro atoms. The van der Waals surface area contributed by atoms with E-state index in [-0.39, 0.29) is 11.7 Å². The van der Waals surface area contributed by atoms with Gasteiger partial charge in [0.25, 0.3) is 0 Å². The Balaban J connectivity index is 3.24. The highest BCUT2D eigenvalue weighted by Gasteiger charge is 2.03. The van der Waals surface area contributed by atoms with Crippen LogP contribution in [0.2, 0.25) is 0 Å². The molecule has 0 aromatic rings. The molecule has 0 amide bonds. The van der Waals surface area contributed by atoms with Crippen LogP contribution in [0.4, 0.5) is 4.39 Å².